The first-order chi connectivity index (χ1) is 3.73. The van der Waals surface area contributed by atoms with Gasteiger partial charge in [-0.05, 0) is 0 Å². The minimum atomic E-state index is -2.87. The van der Waals surface area contributed by atoms with Crippen LogP contribution in [0.1, 0.15) is 13.8 Å². The second kappa shape index (κ2) is 37.2. The minimum absolute atomic E-state index is 0. The molecular weight excluding hydrogens is 151 g/mol. The molecular formula is C4H12MgO3P+. The van der Waals surface area contributed by atoms with Crippen molar-refractivity contribution in [3.05, 3.63) is 13.8 Å². The van der Waals surface area contributed by atoms with Crippen LogP contribution in [-0.4, -0.2) is 32.8 Å². The maximum Gasteiger partial charge on any atom is 2.00 e. The van der Waals surface area contributed by atoms with Crippen LogP contribution >= 0.6 is 8.25 Å². The van der Waals surface area contributed by atoms with Gasteiger partial charge in [-0.3, -0.25) is 0 Å². The molecule has 0 heterocycles. The molecule has 2 N–H and O–H groups in total. The summed E-state index contributed by atoms with van der Waals surface area (Å²) in [5, 5.41) is 0. The molecule has 0 aliphatic heterocycles. The molecule has 0 aromatic rings. The van der Waals surface area contributed by atoms with E-state index in [2.05, 4.69) is 13.8 Å². The fraction of sp³-hybridized carbons (Fsp3) is 0.500. The summed E-state index contributed by atoms with van der Waals surface area (Å²) < 4.78 is 8.70. The van der Waals surface area contributed by atoms with Crippen LogP contribution in [0.2, 0.25) is 0 Å². The topological polar surface area (TPSA) is 57.5 Å². The van der Waals surface area contributed by atoms with E-state index in [0.717, 1.165) is 0 Å². The molecule has 0 rings (SSSR count). The molecule has 0 fully saturated rings. The van der Waals surface area contributed by atoms with Crippen LogP contribution < -0.4 is 0 Å². The Balaban J connectivity index is -0.0000000221. The predicted octanol–water partition coefficient (Wildman–Crippen LogP) is 0.928. The maximum atomic E-state index is 8.70. The Bertz CT molecular complexity index is 38.8. The molecule has 0 aromatic carbocycles. The molecule has 0 atom stereocenters. The van der Waals surface area contributed by atoms with Crippen molar-refractivity contribution in [3.8, 4) is 0 Å². The smallest absolute Gasteiger partial charge is 0.346 e. The molecule has 0 aliphatic carbocycles. The molecule has 0 unspecified atom stereocenters. The zero-order chi connectivity index (χ0) is 7.58. The first-order valence-corrected chi connectivity index (χ1v) is 3.16. The third-order valence-electron chi connectivity index (χ3n) is 0. The fourth-order valence-electron chi connectivity index (χ4n) is 0. The van der Waals surface area contributed by atoms with Crippen molar-refractivity contribution >= 4 is 31.3 Å². The second-order valence-electron chi connectivity index (χ2n) is 0.253. The Morgan fingerprint density at radius 1 is 1.11 bits per heavy atom. The SMILES string of the molecule is O=[P+](O)O.[CH2-]C.[CH2-]C.[Mg+2]. The standard InChI is InChI=1S/2C2H5.Mg.HO3P/c2*1-2;;1-4(2)3/h2*1H2,2H3;;(H-,1,2,3)/q2*-1;+2;/p+1. The zero-order valence-corrected chi connectivity index (χ0v) is 8.18. The van der Waals surface area contributed by atoms with Gasteiger partial charge in [0, 0.05) is 4.57 Å². The Morgan fingerprint density at radius 3 is 1.11 bits per heavy atom. The molecule has 0 saturated carbocycles. The zero-order valence-electron chi connectivity index (χ0n) is 5.87. The van der Waals surface area contributed by atoms with Gasteiger partial charge in [-0.25, -0.2) is 0 Å². The van der Waals surface area contributed by atoms with Crippen LogP contribution in [0.4, 0.5) is 0 Å². The van der Waals surface area contributed by atoms with Gasteiger partial charge in [0.2, 0.25) is 0 Å². The average molecular weight is 163 g/mol. The monoisotopic (exact) mass is 163 g/mol. The molecule has 0 bridgehead atoms. The van der Waals surface area contributed by atoms with Crippen LogP contribution in [0, 0.1) is 13.8 Å². The maximum absolute atomic E-state index is 8.70. The van der Waals surface area contributed by atoms with Gasteiger partial charge in [-0.2, -0.15) is 13.8 Å². The Hall–Kier alpha value is 0.786. The summed E-state index contributed by atoms with van der Waals surface area (Å²) in [6.45, 7) is 10.0. The van der Waals surface area contributed by atoms with Gasteiger partial charge in [-0.1, -0.05) is 0 Å². The summed E-state index contributed by atoms with van der Waals surface area (Å²) in [5.74, 6) is 0. The molecule has 0 saturated heterocycles. The Morgan fingerprint density at radius 2 is 1.11 bits per heavy atom. The fourth-order valence-corrected chi connectivity index (χ4v) is 0. The summed E-state index contributed by atoms with van der Waals surface area (Å²) >= 11 is 0. The summed E-state index contributed by atoms with van der Waals surface area (Å²) in [7, 11) is -2.87. The molecule has 9 heavy (non-hydrogen) atoms. The molecule has 0 amide bonds. The summed E-state index contributed by atoms with van der Waals surface area (Å²) in [4.78, 5) is 14.2. The van der Waals surface area contributed by atoms with E-state index < -0.39 is 8.25 Å². The molecule has 0 spiro atoms. The van der Waals surface area contributed by atoms with Crippen molar-refractivity contribution in [1.29, 1.82) is 0 Å². The van der Waals surface area contributed by atoms with E-state index in [1.54, 1.807) is 13.8 Å². The van der Waals surface area contributed by atoms with Crippen LogP contribution in [0.15, 0.2) is 0 Å². The Kier molecular flexibility index (Phi) is 93.2. The van der Waals surface area contributed by atoms with Crippen LogP contribution in [0.25, 0.3) is 0 Å². The van der Waals surface area contributed by atoms with E-state index in [4.69, 9.17) is 14.4 Å². The van der Waals surface area contributed by atoms with E-state index in [0.29, 0.717) is 0 Å². The van der Waals surface area contributed by atoms with Gasteiger partial charge >= 0.3 is 31.3 Å². The van der Waals surface area contributed by atoms with Crippen molar-refractivity contribution in [1.82, 2.24) is 0 Å². The normalized spacial score (nSPS) is 4.22. The largest absolute Gasteiger partial charge is 2.00 e. The van der Waals surface area contributed by atoms with Gasteiger partial charge in [-0.15, -0.1) is 9.79 Å². The van der Waals surface area contributed by atoms with Crippen molar-refractivity contribution in [3.63, 3.8) is 0 Å². The van der Waals surface area contributed by atoms with E-state index in [-0.39, 0.29) is 23.1 Å². The molecule has 0 radical (unpaired) electrons. The molecule has 0 aliphatic rings. The number of hydrogen-bond acceptors (Lipinski definition) is 1. The Labute approximate surface area is 73.6 Å². The number of rotatable bonds is 0. The molecule has 52 valence electrons. The van der Waals surface area contributed by atoms with Crippen molar-refractivity contribution in [2.45, 2.75) is 13.8 Å². The second-order valence-corrected chi connectivity index (χ2v) is 0.758. The van der Waals surface area contributed by atoms with Gasteiger partial charge in [0.05, 0.1) is 0 Å². The predicted molar refractivity (Wildman–Crippen MR) is 39.9 cm³/mol. The first kappa shape index (κ1) is 22.6. The third kappa shape index (κ3) is 655. The molecule has 5 heteroatoms. The molecule has 3 nitrogen and oxygen atoms in total. The van der Waals surface area contributed by atoms with Crippen molar-refractivity contribution < 1.29 is 14.4 Å². The van der Waals surface area contributed by atoms with Crippen molar-refractivity contribution in [2.24, 2.45) is 0 Å². The van der Waals surface area contributed by atoms with E-state index in [1.807, 2.05) is 0 Å². The van der Waals surface area contributed by atoms with E-state index in [9.17, 15) is 0 Å². The minimum Gasteiger partial charge on any atom is -0.346 e. The average Bonchev–Trinajstić information content (AvgIpc) is 1.75. The summed E-state index contributed by atoms with van der Waals surface area (Å²) in [6.07, 6.45) is 0. The third-order valence-corrected chi connectivity index (χ3v) is 0. The van der Waals surface area contributed by atoms with Gasteiger partial charge in [0.15, 0.2) is 0 Å². The van der Waals surface area contributed by atoms with Crippen molar-refractivity contribution in [2.75, 3.05) is 0 Å². The van der Waals surface area contributed by atoms with Crippen LogP contribution in [-0.2, 0) is 4.57 Å². The van der Waals surface area contributed by atoms with Crippen LogP contribution in [0.3, 0.4) is 0 Å². The van der Waals surface area contributed by atoms with E-state index in [1.165, 1.54) is 0 Å². The van der Waals surface area contributed by atoms with Gasteiger partial charge in [0.25, 0.3) is 0 Å². The van der Waals surface area contributed by atoms with Crippen LogP contribution in [0.5, 0.6) is 0 Å². The number of hydrogen-bond donors (Lipinski definition) is 2. The molecule has 0 aromatic heterocycles. The van der Waals surface area contributed by atoms with E-state index >= 15 is 0 Å². The van der Waals surface area contributed by atoms with Gasteiger partial charge < -0.3 is 13.8 Å². The summed E-state index contributed by atoms with van der Waals surface area (Å²) in [5.41, 5.74) is 0. The summed E-state index contributed by atoms with van der Waals surface area (Å²) in [6, 6.07) is 0. The quantitative estimate of drug-likeness (QED) is 0.317. The van der Waals surface area contributed by atoms with Gasteiger partial charge in [0.1, 0.15) is 0 Å². The first-order valence-electron chi connectivity index (χ1n) is 2.00.